The molecule has 1 amide bonds. The lowest BCUT2D eigenvalue weighted by molar-refractivity contribution is -0.385. The Labute approximate surface area is 177 Å². The van der Waals surface area contributed by atoms with Crippen LogP contribution < -0.4 is 5.43 Å². The molecule has 1 N–H and O–H groups in total. The molecule has 4 rings (SSSR count). The second kappa shape index (κ2) is 8.83. The molecule has 1 aromatic heterocycles. The molecular weight excluding hydrogens is 394 g/mol. The molecule has 0 unspecified atom stereocenters. The van der Waals surface area contributed by atoms with Crippen molar-refractivity contribution in [2.45, 2.75) is 0 Å². The molecule has 8 heteroatoms. The van der Waals surface area contributed by atoms with Gasteiger partial charge in [0, 0.05) is 17.8 Å². The first-order chi connectivity index (χ1) is 15.1. The topological polar surface area (TPSA) is 102 Å². The molecule has 0 saturated heterocycles. The highest BCUT2D eigenvalue weighted by molar-refractivity contribution is 6.00. The second-order valence-electron chi connectivity index (χ2n) is 6.55. The Morgan fingerprint density at radius 1 is 0.968 bits per heavy atom. The summed E-state index contributed by atoms with van der Waals surface area (Å²) < 4.78 is 1.63. The number of amides is 1. The summed E-state index contributed by atoms with van der Waals surface area (Å²) in [5, 5.41) is 19.6. The number of hydrogen-bond acceptors (Lipinski definition) is 5. The third kappa shape index (κ3) is 4.38. The quantitative estimate of drug-likeness (QED) is 0.292. The molecule has 31 heavy (non-hydrogen) atoms. The molecule has 8 nitrogen and oxygen atoms in total. The molecule has 0 saturated carbocycles. The number of nitro benzene ring substituents is 1. The van der Waals surface area contributed by atoms with Gasteiger partial charge in [0.05, 0.1) is 28.0 Å². The van der Waals surface area contributed by atoms with Gasteiger partial charge >= 0.3 is 0 Å². The van der Waals surface area contributed by atoms with E-state index in [9.17, 15) is 14.9 Å². The van der Waals surface area contributed by atoms with Gasteiger partial charge in [0.1, 0.15) is 5.69 Å². The van der Waals surface area contributed by atoms with E-state index in [1.54, 1.807) is 29.1 Å². The Bertz CT molecular complexity index is 1250. The molecule has 0 radical (unpaired) electrons. The highest BCUT2D eigenvalue weighted by Gasteiger charge is 2.18. The average molecular weight is 411 g/mol. The normalized spacial score (nSPS) is 10.8. The fraction of sp³-hybridized carbons (Fsp3) is 0. The second-order valence-corrected chi connectivity index (χ2v) is 6.55. The van der Waals surface area contributed by atoms with Crippen molar-refractivity contribution in [1.29, 1.82) is 0 Å². The largest absolute Gasteiger partial charge is 0.278 e. The molecule has 0 aliphatic carbocycles. The number of benzene rings is 3. The SMILES string of the molecule is O=C(NN=Cc1ccccc1[N+](=O)[O-])c1cn(-c2ccccc2)nc1-c1ccccc1. The number of rotatable bonds is 6. The molecule has 0 bridgehead atoms. The Hall–Kier alpha value is -4.59. The summed E-state index contributed by atoms with van der Waals surface area (Å²) in [5.41, 5.74) is 5.06. The lowest BCUT2D eigenvalue weighted by Crippen LogP contribution is -2.18. The van der Waals surface area contributed by atoms with Gasteiger partial charge in [-0.05, 0) is 18.2 Å². The lowest BCUT2D eigenvalue weighted by atomic mass is 10.1. The maximum absolute atomic E-state index is 12.9. The predicted molar refractivity (Wildman–Crippen MR) is 117 cm³/mol. The Morgan fingerprint density at radius 2 is 1.61 bits per heavy atom. The van der Waals surface area contributed by atoms with Gasteiger partial charge in [-0.1, -0.05) is 60.7 Å². The van der Waals surface area contributed by atoms with Crippen molar-refractivity contribution in [3.63, 3.8) is 0 Å². The van der Waals surface area contributed by atoms with Crippen molar-refractivity contribution < 1.29 is 9.72 Å². The van der Waals surface area contributed by atoms with Gasteiger partial charge in [0.2, 0.25) is 0 Å². The summed E-state index contributed by atoms with van der Waals surface area (Å²) in [6.07, 6.45) is 2.88. The van der Waals surface area contributed by atoms with Gasteiger partial charge in [-0.3, -0.25) is 14.9 Å². The number of para-hydroxylation sites is 2. The summed E-state index contributed by atoms with van der Waals surface area (Å²) in [6.45, 7) is 0. The lowest BCUT2D eigenvalue weighted by Gasteiger charge is -2.01. The zero-order valence-electron chi connectivity index (χ0n) is 16.3. The van der Waals surface area contributed by atoms with Crippen LogP contribution in [0.25, 0.3) is 16.9 Å². The Morgan fingerprint density at radius 3 is 2.32 bits per heavy atom. The molecular formula is C23H17N5O3. The van der Waals surface area contributed by atoms with Crippen molar-refractivity contribution in [1.82, 2.24) is 15.2 Å². The highest BCUT2D eigenvalue weighted by atomic mass is 16.6. The van der Waals surface area contributed by atoms with Crippen molar-refractivity contribution in [2.24, 2.45) is 5.10 Å². The minimum Gasteiger partial charge on any atom is -0.267 e. The van der Waals surface area contributed by atoms with Crippen molar-refractivity contribution >= 4 is 17.8 Å². The maximum atomic E-state index is 12.9. The van der Waals surface area contributed by atoms with Crippen LogP contribution in [0.5, 0.6) is 0 Å². The molecule has 0 aliphatic heterocycles. The minimum atomic E-state index is -0.499. The standard InChI is InChI=1S/C23H17N5O3/c29-23(25-24-15-18-11-7-8-14-21(18)28(30)31)20-16-27(19-12-5-2-6-13-19)26-22(20)17-9-3-1-4-10-17/h1-16H,(H,25,29). The van der Waals surface area contributed by atoms with E-state index in [-0.39, 0.29) is 11.3 Å². The Kier molecular flexibility index (Phi) is 5.62. The molecule has 0 aliphatic rings. The number of nitrogens with zero attached hydrogens (tertiary/aromatic N) is 4. The van der Waals surface area contributed by atoms with Crippen LogP contribution >= 0.6 is 0 Å². The van der Waals surface area contributed by atoms with Gasteiger partial charge in [-0.15, -0.1) is 0 Å². The van der Waals surface area contributed by atoms with Gasteiger partial charge in [0.15, 0.2) is 0 Å². The van der Waals surface area contributed by atoms with E-state index in [4.69, 9.17) is 0 Å². The van der Waals surface area contributed by atoms with Crippen molar-refractivity contribution in [3.8, 4) is 16.9 Å². The molecule has 0 fully saturated rings. The first-order valence-corrected chi connectivity index (χ1v) is 9.41. The van der Waals surface area contributed by atoms with Gasteiger partial charge in [0.25, 0.3) is 11.6 Å². The molecule has 152 valence electrons. The summed E-state index contributed by atoms with van der Waals surface area (Å²) in [4.78, 5) is 23.5. The van der Waals surface area contributed by atoms with Gasteiger partial charge in [-0.2, -0.15) is 10.2 Å². The summed E-state index contributed by atoms with van der Waals surface area (Å²) >= 11 is 0. The maximum Gasteiger partial charge on any atom is 0.278 e. The number of nitro groups is 1. The fourth-order valence-electron chi connectivity index (χ4n) is 3.05. The van der Waals surface area contributed by atoms with E-state index in [1.807, 2.05) is 60.7 Å². The van der Waals surface area contributed by atoms with E-state index in [2.05, 4.69) is 15.6 Å². The fourth-order valence-corrected chi connectivity index (χ4v) is 3.05. The van der Waals surface area contributed by atoms with Gasteiger partial charge in [-0.25, -0.2) is 10.1 Å². The minimum absolute atomic E-state index is 0.0950. The number of hydrogen-bond donors (Lipinski definition) is 1. The number of nitrogens with one attached hydrogen (secondary N) is 1. The van der Waals surface area contributed by atoms with E-state index >= 15 is 0 Å². The monoisotopic (exact) mass is 411 g/mol. The van der Waals surface area contributed by atoms with Crippen LogP contribution in [0.15, 0.2) is 96.2 Å². The van der Waals surface area contributed by atoms with Crippen LogP contribution in [-0.4, -0.2) is 26.8 Å². The molecule has 4 aromatic rings. The predicted octanol–water partition coefficient (Wildman–Crippen LogP) is 4.21. The zero-order chi connectivity index (χ0) is 21.6. The molecule has 0 spiro atoms. The van der Waals surface area contributed by atoms with E-state index in [1.165, 1.54) is 12.3 Å². The van der Waals surface area contributed by atoms with Crippen LogP contribution in [-0.2, 0) is 0 Å². The zero-order valence-corrected chi connectivity index (χ0v) is 16.3. The summed E-state index contributed by atoms with van der Waals surface area (Å²) in [5.74, 6) is -0.476. The number of aromatic nitrogens is 2. The third-order valence-corrected chi connectivity index (χ3v) is 4.53. The third-order valence-electron chi connectivity index (χ3n) is 4.53. The van der Waals surface area contributed by atoms with Crippen molar-refractivity contribution in [2.75, 3.05) is 0 Å². The van der Waals surface area contributed by atoms with Crippen LogP contribution in [0, 0.1) is 10.1 Å². The summed E-state index contributed by atoms with van der Waals surface area (Å²) in [6, 6.07) is 24.9. The van der Waals surface area contributed by atoms with Crippen molar-refractivity contribution in [3.05, 3.63) is 112 Å². The number of carbonyl (C=O) groups is 1. The smallest absolute Gasteiger partial charge is 0.267 e. The molecule has 1 heterocycles. The summed E-state index contributed by atoms with van der Waals surface area (Å²) in [7, 11) is 0. The number of carbonyl (C=O) groups excluding carboxylic acids is 1. The van der Waals surface area contributed by atoms with Crippen LogP contribution in [0.4, 0.5) is 5.69 Å². The van der Waals surface area contributed by atoms with Crippen LogP contribution in [0.2, 0.25) is 0 Å². The van der Waals surface area contributed by atoms with E-state index < -0.39 is 10.8 Å². The van der Waals surface area contributed by atoms with E-state index in [0.717, 1.165) is 11.3 Å². The molecule has 3 aromatic carbocycles. The molecule has 0 atom stereocenters. The highest BCUT2D eigenvalue weighted by Crippen LogP contribution is 2.23. The first-order valence-electron chi connectivity index (χ1n) is 9.41. The first kappa shape index (κ1) is 19.7. The van der Waals surface area contributed by atoms with Crippen LogP contribution in [0.3, 0.4) is 0 Å². The van der Waals surface area contributed by atoms with Crippen LogP contribution in [0.1, 0.15) is 15.9 Å². The average Bonchev–Trinajstić information content (AvgIpc) is 3.26. The van der Waals surface area contributed by atoms with Gasteiger partial charge < -0.3 is 0 Å². The van der Waals surface area contributed by atoms with E-state index in [0.29, 0.717) is 11.3 Å². The number of hydrazone groups is 1. The Balaban J connectivity index is 1.64.